The van der Waals surface area contributed by atoms with Crippen LogP contribution in [0.3, 0.4) is 0 Å². The second-order valence-electron chi connectivity index (χ2n) is 5.70. The van der Waals surface area contributed by atoms with Crippen LogP contribution in [0.1, 0.15) is 5.56 Å². The van der Waals surface area contributed by atoms with Gasteiger partial charge in [-0.05, 0) is 35.0 Å². The van der Waals surface area contributed by atoms with Crippen molar-refractivity contribution in [3.63, 3.8) is 0 Å². The number of aryl methyl sites for hydroxylation is 1. The monoisotopic (exact) mass is 358 g/mol. The van der Waals surface area contributed by atoms with Gasteiger partial charge in [0.15, 0.2) is 0 Å². The summed E-state index contributed by atoms with van der Waals surface area (Å²) in [6, 6.07) is 5.50. The lowest BCUT2D eigenvalue weighted by Crippen LogP contribution is -2.31. The molecule has 0 radical (unpaired) electrons. The predicted octanol–water partition coefficient (Wildman–Crippen LogP) is -0.356. The molecule has 0 atom stereocenters. The molecule has 0 spiro atoms. The zero-order chi connectivity index (χ0) is 18.7. The molecule has 3 rings (SSSR count). The molecule has 1 aromatic carbocycles. The lowest BCUT2D eigenvalue weighted by molar-refractivity contribution is -0.136. The summed E-state index contributed by atoms with van der Waals surface area (Å²) in [7, 11) is 1.26. The summed E-state index contributed by atoms with van der Waals surface area (Å²) < 4.78 is 6.24. The van der Waals surface area contributed by atoms with Crippen LogP contribution in [0.25, 0.3) is 5.69 Å². The van der Waals surface area contributed by atoms with E-state index >= 15 is 0 Å². The molecular weight excluding hydrogens is 340 g/mol. The Morgan fingerprint density at radius 2 is 2.23 bits per heavy atom. The summed E-state index contributed by atoms with van der Waals surface area (Å²) in [5.41, 5.74) is 2.45. The van der Waals surface area contributed by atoms with Crippen molar-refractivity contribution >= 4 is 17.6 Å². The lowest BCUT2D eigenvalue weighted by Gasteiger charge is -2.16. The van der Waals surface area contributed by atoms with Gasteiger partial charge < -0.3 is 20.1 Å². The Bertz CT molecular complexity index is 862. The first-order valence-electron chi connectivity index (χ1n) is 7.87. The number of hydrogen-bond acceptors (Lipinski definition) is 8. The number of amides is 1. The quantitative estimate of drug-likeness (QED) is 0.672. The minimum Gasteiger partial charge on any atom is -0.466 e. The molecule has 26 heavy (non-hydrogen) atoms. The van der Waals surface area contributed by atoms with Gasteiger partial charge in [0.25, 0.3) is 5.91 Å². The van der Waals surface area contributed by atoms with E-state index in [0.29, 0.717) is 11.4 Å². The molecule has 0 fully saturated rings. The number of β-amino-alcohol motifs (C(OH)–C–C–N with tert-alkyl or cyclic N) is 1. The van der Waals surface area contributed by atoms with Gasteiger partial charge in [0.05, 0.1) is 37.2 Å². The fourth-order valence-electron chi connectivity index (χ4n) is 2.71. The van der Waals surface area contributed by atoms with Gasteiger partial charge in [0.1, 0.15) is 12.0 Å². The van der Waals surface area contributed by atoms with E-state index in [2.05, 4.69) is 20.8 Å². The molecule has 0 saturated heterocycles. The van der Waals surface area contributed by atoms with Gasteiger partial charge in [-0.2, -0.15) is 4.68 Å². The Labute approximate surface area is 149 Å². The van der Waals surface area contributed by atoms with Gasteiger partial charge in [-0.3, -0.25) is 4.79 Å². The molecule has 2 heterocycles. The van der Waals surface area contributed by atoms with Crippen LogP contribution in [-0.4, -0.2) is 68.9 Å². The molecule has 2 N–H and O–H groups in total. The van der Waals surface area contributed by atoms with E-state index in [1.54, 1.807) is 6.07 Å². The largest absolute Gasteiger partial charge is 0.466 e. The second-order valence-corrected chi connectivity index (χ2v) is 5.70. The number of carbonyl (C=O) groups excluding carboxylic acids is 2. The number of hydrogen-bond donors (Lipinski definition) is 2. The standard InChI is InChI=1S/C16H18N6O4/c1-10-3-4-13(22-9-17-19-20-22)12(7-10)18-14-11(16(25)26-2)8-21(5-6-23)15(14)24/h3-4,7,9,18,23H,5-6,8H2,1-2H3. The van der Waals surface area contributed by atoms with Crippen LogP contribution >= 0.6 is 0 Å². The summed E-state index contributed by atoms with van der Waals surface area (Å²) in [5, 5.41) is 23.3. The number of nitrogens with zero attached hydrogens (tertiary/aromatic N) is 5. The maximum Gasteiger partial charge on any atom is 0.337 e. The number of methoxy groups -OCH3 is 1. The van der Waals surface area contributed by atoms with Crippen LogP contribution in [0.4, 0.5) is 5.69 Å². The predicted molar refractivity (Wildman–Crippen MR) is 90.2 cm³/mol. The summed E-state index contributed by atoms with van der Waals surface area (Å²) in [6.07, 6.45) is 1.43. The number of aromatic nitrogens is 4. The topological polar surface area (TPSA) is 122 Å². The number of esters is 1. The Hall–Kier alpha value is -3.27. The summed E-state index contributed by atoms with van der Waals surface area (Å²) in [5.74, 6) is -0.985. The highest BCUT2D eigenvalue weighted by Gasteiger charge is 2.34. The normalized spacial score (nSPS) is 14.1. The molecule has 1 aliphatic rings. The van der Waals surface area contributed by atoms with Crippen molar-refractivity contribution in [1.82, 2.24) is 25.1 Å². The Kier molecular flexibility index (Phi) is 4.94. The highest BCUT2D eigenvalue weighted by atomic mass is 16.5. The van der Waals surface area contributed by atoms with Crippen molar-refractivity contribution in [2.45, 2.75) is 6.92 Å². The van der Waals surface area contributed by atoms with Gasteiger partial charge in [-0.15, -0.1) is 5.10 Å². The minimum atomic E-state index is -0.599. The molecule has 1 aromatic heterocycles. The van der Waals surface area contributed by atoms with Crippen molar-refractivity contribution in [3.05, 3.63) is 41.4 Å². The fourth-order valence-corrected chi connectivity index (χ4v) is 2.71. The summed E-state index contributed by atoms with van der Waals surface area (Å²) >= 11 is 0. The smallest absolute Gasteiger partial charge is 0.337 e. The number of aliphatic hydroxyl groups is 1. The highest BCUT2D eigenvalue weighted by molar-refractivity contribution is 6.08. The highest BCUT2D eigenvalue weighted by Crippen LogP contribution is 2.27. The molecule has 0 saturated carbocycles. The van der Waals surface area contributed by atoms with Crippen LogP contribution in [-0.2, 0) is 14.3 Å². The number of benzene rings is 1. The van der Waals surface area contributed by atoms with Gasteiger partial charge in [0.2, 0.25) is 0 Å². The van der Waals surface area contributed by atoms with E-state index in [4.69, 9.17) is 9.84 Å². The third kappa shape index (κ3) is 3.26. The molecule has 1 aliphatic heterocycles. The molecule has 136 valence electrons. The molecule has 0 aliphatic carbocycles. The molecule has 10 nitrogen and oxygen atoms in total. The lowest BCUT2D eigenvalue weighted by atomic mass is 10.1. The fraction of sp³-hybridized carbons (Fsp3) is 0.312. The number of aliphatic hydroxyl groups excluding tert-OH is 1. The van der Waals surface area contributed by atoms with Crippen LogP contribution < -0.4 is 5.32 Å². The van der Waals surface area contributed by atoms with Crippen molar-refractivity contribution in [2.24, 2.45) is 0 Å². The van der Waals surface area contributed by atoms with Crippen LogP contribution in [0.2, 0.25) is 0 Å². The number of nitrogens with one attached hydrogen (secondary N) is 1. The summed E-state index contributed by atoms with van der Waals surface area (Å²) in [6.45, 7) is 1.89. The van der Waals surface area contributed by atoms with Crippen molar-refractivity contribution in [3.8, 4) is 5.69 Å². The number of ether oxygens (including phenoxy) is 1. The van der Waals surface area contributed by atoms with Gasteiger partial charge in [-0.25, -0.2) is 4.79 Å². The number of carbonyl (C=O) groups is 2. The maximum absolute atomic E-state index is 12.7. The van der Waals surface area contributed by atoms with E-state index in [-0.39, 0.29) is 36.9 Å². The number of rotatable bonds is 6. The first-order valence-corrected chi connectivity index (χ1v) is 7.87. The van der Waals surface area contributed by atoms with Crippen LogP contribution in [0.15, 0.2) is 35.8 Å². The number of anilines is 1. The minimum absolute atomic E-state index is 0.0699. The second kappa shape index (κ2) is 7.31. The third-order valence-corrected chi connectivity index (χ3v) is 3.96. The first kappa shape index (κ1) is 17.5. The van der Waals surface area contributed by atoms with Crippen molar-refractivity contribution in [1.29, 1.82) is 0 Å². The van der Waals surface area contributed by atoms with E-state index in [0.717, 1.165) is 5.56 Å². The average Bonchev–Trinajstić information content (AvgIpc) is 3.26. The Balaban J connectivity index is 2.02. The first-order chi connectivity index (χ1) is 12.5. The molecule has 0 bridgehead atoms. The molecule has 1 amide bonds. The van der Waals surface area contributed by atoms with Gasteiger partial charge in [-0.1, -0.05) is 6.07 Å². The van der Waals surface area contributed by atoms with Crippen LogP contribution in [0.5, 0.6) is 0 Å². The van der Waals surface area contributed by atoms with E-state index in [9.17, 15) is 9.59 Å². The Morgan fingerprint density at radius 1 is 1.42 bits per heavy atom. The van der Waals surface area contributed by atoms with E-state index < -0.39 is 5.97 Å². The zero-order valence-corrected chi connectivity index (χ0v) is 14.3. The maximum atomic E-state index is 12.7. The van der Waals surface area contributed by atoms with E-state index in [1.807, 2.05) is 19.1 Å². The average molecular weight is 358 g/mol. The van der Waals surface area contributed by atoms with Gasteiger partial charge in [0, 0.05) is 6.54 Å². The van der Waals surface area contributed by atoms with Crippen molar-refractivity contribution < 1.29 is 19.4 Å². The summed E-state index contributed by atoms with van der Waals surface area (Å²) in [4.78, 5) is 26.1. The molecule has 0 unspecified atom stereocenters. The molecule has 10 heteroatoms. The third-order valence-electron chi connectivity index (χ3n) is 3.96. The van der Waals surface area contributed by atoms with E-state index in [1.165, 1.54) is 23.0 Å². The Morgan fingerprint density at radius 3 is 2.88 bits per heavy atom. The van der Waals surface area contributed by atoms with Crippen molar-refractivity contribution in [2.75, 3.05) is 32.1 Å². The molecule has 2 aromatic rings. The number of tetrazole rings is 1. The van der Waals surface area contributed by atoms with Gasteiger partial charge >= 0.3 is 5.97 Å². The van der Waals surface area contributed by atoms with Crippen LogP contribution in [0, 0.1) is 6.92 Å². The zero-order valence-electron chi connectivity index (χ0n) is 14.3. The molecular formula is C16H18N6O4. The SMILES string of the molecule is COC(=O)C1=C(Nc2cc(C)ccc2-n2cnnn2)C(=O)N(CCO)C1.